The van der Waals surface area contributed by atoms with Gasteiger partial charge in [-0.25, -0.2) is 9.67 Å². The number of rotatable bonds is 5. The number of hydrogen-bond acceptors (Lipinski definition) is 6. The average molecular weight is 363 g/mol. The molecule has 7 heteroatoms. The number of nitrogens with two attached hydrogens (primary N) is 1. The van der Waals surface area contributed by atoms with Crippen LogP contribution in [0.4, 0.5) is 11.8 Å². The van der Waals surface area contributed by atoms with Crippen LogP contribution in [0.25, 0.3) is 5.69 Å². The van der Waals surface area contributed by atoms with Crippen LogP contribution in [0.3, 0.4) is 0 Å². The molecule has 1 saturated heterocycles. The van der Waals surface area contributed by atoms with Crippen LogP contribution in [0.1, 0.15) is 24.1 Å². The monoisotopic (exact) mass is 363 g/mol. The van der Waals surface area contributed by atoms with Crippen molar-refractivity contribution in [2.45, 2.75) is 32.4 Å². The molecule has 1 aromatic carbocycles. The summed E-state index contributed by atoms with van der Waals surface area (Å²) >= 11 is 0. The van der Waals surface area contributed by atoms with E-state index in [0.717, 1.165) is 49.7 Å². The van der Waals surface area contributed by atoms with E-state index in [0.29, 0.717) is 12.0 Å². The highest BCUT2D eigenvalue weighted by molar-refractivity contribution is 5.43. The SMILES string of the molecule is Cc1cc(N2CCC(NCc3cccc(-n4cccn4)c3)CC2)nc(N)n1. The third-order valence-corrected chi connectivity index (χ3v) is 4.95. The molecule has 0 amide bonds. The van der Waals surface area contributed by atoms with Crippen molar-refractivity contribution < 1.29 is 0 Å². The second-order valence-corrected chi connectivity index (χ2v) is 6.99. The van der Waals surface area contributed by atoms with E-state index in [1.54, 1.807) is 6.20 Å². The highest BCUT2D eigenvalue weighted by Gasteiger charge is 2.20. The molecule has 140 valence electrons. The molecule has 3 N–H and O–H groups in total. The lowest BCUT2D eigenvalue weighted by molar-refractivity contribution is 0.412. The maximum Gasteiger partial charge on any atom is 0.222 e. The number of nitrogen functional groups attached to an aromatic ring is 1. The summed E-state index contributed by atoms with van der Waals surface area (Å²) in [4.78, 5) is 10.8. The molecule has 7 nitrogen and oxygen atoms in total. The van der Waals surface area contributed by atoms with Crippen molar-refractivity contribution in [2.75, 3.05) is 23.7 Å². The van der Waals surface area contributed by atoms with E-state index in [1.807, 2.05) is 29.9 Å². The second kappa shape index (κ2) is 7.75. The van der Waals surface area contributed by atoms with Gasteiger partial charge in [-0.2, -0.15) is 10.1 Å². The molecule has 0 saturated carbocycles. The van der Waals surface area contributed by atoms with Crippen molar-refractivity contribution in [3.8, 4) is 5.69 Å². The van der Waals surface area contributed by atoms with Crippen LogP contribution in [0.2, 0.25) is 0 Å². The van der Waals surface area contributed by atoms with Crippen LogP contribution in [0.15, 0.2) is 48.8 Å². The van der Waals surface area contributed by atoms with Crippen LogP contribution in [-0.4, -0.2) is 38.9 Å². The van der Waals surface area contributed by atoms with Crippen molar-refractivity contribution in [3.05, 3.63) is 60.0 Å². The van der Waals surface area contributed by atoms with Gasteiger partial charge in [0.05, 0.1) is 5.69 Å². The second-order valence-electron chi connectivity index (χ2n) is 6.99. The van der Waals surface area contributed by atoms with Crippen LogP contribution in [-0.2, 0) is 6.54 Å². The number of benzene rings is 1. The highest BCUT2D eigenvalue weighted by atomic mass is 15.3. The van der Waals surface area contributed by atoms with Crippen molar-refractivity contribution in [1.29, 1.82) is 0 Å². The molecule has 27 heavy (non-hydrogen) atoms. The minimum atomic E-state index is 0.349. The minimum absolute atomic E-state index is 0.349. The zero-order valence-corrected chi connectivity index (χ0v) is 15.5. The summed E-state index contributed by atoms with van der Waals surface area (Å²) in [6.45, 7) is 4.76. The summed E-state index contributed by atoms with van der Waals surface area (Å²) in [5.74, 6) is 1.28. The molecule has 2 aromatic heterocycles. The fraction of sp³-hybridized carbons (Fsp3) is 0.350. The summed E-state index contributed by atoms with van der Waals surface area (Å²) in [6, 6.07) is 12.9. The number of aromatic nitrogens is 4. The first-order valence-electron chi connectivity index (χ1n) is 9.36. The number of nitrogens with zero attached hydrogens (tertiary/aromatic N) is 5. The Morgan fingerprint density at radius 3 is 2.74 bits per heavy atom. The van der Waals surface area contributed by atoms with Crippen LogP contribution in [0, 0.1) is 6.92 Å². The van der Waals surface area contributed by atoms with Crippen molar-refractivity contribution in [2.24, 2.45) is 0 Å². The van der Waals surface area contributed by atoms with Gasteiger partial charge in [0.25, 0.3) is 0 Å². The van der Waals surface area contributed by atoms with Gasteiger partial charge < -0.3 is 16.0 Å². The number of hydrogen-bond donors (Lipinski definition) is 2. The largest absolute Gasteiger partial charge is 0.368 e. The zero-order valence-electron chi connectivity index (χ0n) is 15.5. The molecule has 1 aliphatic rings. The standard InChI is InChI=1S/C20H25N7/c1-15-12-19(25-20(21)24-15)26-10-6-17(7-11-26)22-14-16-4-2-5-18(13-16)27-9-3-8-23-27/h2-5,8-9,12-13,17,22H,6-7,10-11,14H2,1H3,(H2,21,24,25). The van der Waals surface area contributed by atoms with Crippen molar-refractivity contribution >= 4 is 11.8 Å². The number of aryl methyl sites for hydroxylation is 1. The normalized spacial score (nSPS) is 15.2. The van der Waals surface area contributed by atoms with Crippen LogP contribution >= 0.6 is 0 Å². The van der Waals surface area contributed by atoms with E-state index in [1.165, 1.54) is 5.56 Å². The summed E-state index contributed by atoms with van der Waals surface area (Å²) in [7, 11) is 0. The smallest absolute Gasteiger partial charge is 0.222 e. The molecule has 0 radical (unpaired) electrons. The minimum Gasteiger partial charge on any atom is -0.368 e. The summed E-state index contributed by atoms with van der Waals surface area (Å²) in [5.41, 5.74) is 9.05. The first-order valence-corrected chi connectivity index (χ1v) is 9.36. The predicted octanol–water partition coefficient (Wildman–Crippen LogP) is 2.31. The molecule has 1 fully saturated rings. The van der Waals surface area contributed by atoms with Gasteiger partial charge >= 0.3 is 0 Å². The Labute approximate surface area is 159 Å². The molecule has 0 spiro atoms. The quantitative estimate of drug-likeness (QED) is 0.724. The van der Waals surface area contributed by atoms with Crippen LogP contribution in [0.5, 0.6) is 0 Å². The Morgan fingerprint density at radius 2 is 2.00 bits per heavy atom. The first-order chi connectivity index (χ1) is 13.2. The molecule has 3 aromatic rings. The molecule has 4 rings (SSSR count). The van der Waals surface area contributed by atoms with Gasteiger partial charge in [0, 0.05) is 49.8 Å². The molecule has 0 unspecified atom stereocenters. The van der Waals surface area contributed by atoms with Gasteiger partial charge in [0.1, 0.15) is 5.82 Å². The lowest BCUT2D eigenvalue weighted by Crippen LogP contribution is -2.42. The first kappa shape index (κ1) is 17.5. The van der Waals surface area contributed by atoms with Gasteiger partial charge in [0.2, 0.25) is 5.95 Å². The van der Waals surface area contributed by atoms with E-state index in [2.05, 4.69) is 49.5 Å². The lowest BCUT2D eigenvalue weighted by atomic mass is 10.0. The van der Waals surface area contributed by atoms with Gasteiger partial charge in [-0.15, -0.1) is 0 Å². The third kappa shape index (κ3) is 4.25. The maximum atomic E-state index is 5.79. The molecular formula is C20H25N7. The Hall–Kier alpha value is -2.93. The van der Waals surface area contributed by atoms with E-state index in [4.69, 9.17) is 5.73 Å². The summed E-state index contributed by atoms with van der Waals surface area (Å²) < 4.78 is 1.89. The Morgan fingerprint density at radius 1 is 1.15 bits per heavy atom. The summed E-state index contributed by atoms with van der Waals surface area (Å²) in [5, 5.41) is 7.99. The fourth-order valence-corrected chi connectivity index (χ4v) is 3.54. The van der Waals surface area contributed by atoms with Gasteiger partial charge in [-0.3, -0.25) is 0 Å². The van der Waals surface area contributed by atoms with E-state index in [9.17, 15) is 0 Å². The maximum absolute atomic E-state index is 5.79. The lowest BCUT2D eigenvalue weighted by Gasteiger charge is -2.33. The molecule has 0 bridgehead atoms. The van der Waals surface area contributed by atoms with Gasteiger partial charge in [0.15, 0.2) is 0 Å². The Bertz CT molecular complexity index is 863. The highest BCUT2D eigenvalue weighted by Crippen LogP contribution is 2.20. The number of piperidine rings is 1. The van der Waals surface area contributed by atoms with Crippen molar-refractivity contribution in [3.63, 3.8) is 0 Å². The average Bonchev–Trinajstić information content (AvgIpc) is 3.21. The Balaban J connectivity index is 1.31. The molecule has 0 atom stereocenters. The molecular weight excluding hydrogens is 338 g/mol. The predicted molar refractivity (Wildman–Crippen MR) is 107 cm³/mol. The van der Waals surface area contributed by atoms with E-state index < -0.39 is 0 Å². The molecule has 0 aliphatic carbocycles. The third-order valence-electron chi connectivity index (χ3n) is 4.95. The number of anilines is 2. The summed E-state index contributed by atoms with van der Waals surface area (Å²) in [6.07, 6.45) is 5.93. The van der Waals surface area contributed by atoms with E-state index >= 15 is 0 Å². The van der Waals surface area contributed by atoms with Gasteiger partial charge in [-0.05, 0) is 43.5 Å². The zero-order chi connectivity index (χ0) is 18.6. The van der Waals surface area contributed by atoms with E-state index in [-0.39, 0.29) is 0 Å². The molecule has 1 aliphatic heterocycles. The Kier molecular flexibility index (Phi) is 5.02. The number of nitrogens with one attached hydrogen (secondary N) is 1. The van der Waals surface area contributed by atoms with Crippen LogP contribution < -0.4 is 16.0 Å². The van der Waals surface area contributed by atoms with Gasteiger partial charge in [-0.1, -0.05) is 12.1 Å². The fourth-order valence-electron chi connectivity index (χ4n) is 3.54. The van der Waals surface area contributed by atoms with Crippen molar-refractivity contribution in [1.82, 2.24) is 25.1 Å². The topological polar surface area (TPSA) is 84.9 Å². The molecule has 3 heterocycles.